The Morgan fingerprint density at radius 3 is 1.80 bits per heavy atom. The maximum absolute atomic E-state index is 12.1. The van der Waals surface area contributed by atoms with E-state index in [0.29, 0.717) is 0 Å². The predicted octanol–water partition coefficient (Wildman–Crippen LogP) is 2.60. The van der Waals surface area contributed by atoms with Crippen molar-refractivity contribution in [3.8, 4) is 0 Å². The normalized spacial score (nSPS) is 11.3. The summed E-state index contributed by atoms with van der Waals surface area (Å²) in [6, 6.07) is 0. The molecule has 0 aromatic carbocycles. The highest BCUT2D eigenvalue weighted by atomic mass is 16.2. The fourth-order valence-corrected chi connectivity index (χ4v) is 1.99. The third-order valence-electron chi connectivity index (χ3n) is 2.90. The van der Waals surface area contributed by atoms with Crippen LogP contribution in [0.3, 0.4) is 0 Å². The Balaban J connectivity index is 4.75. The van der Waals surface area contributed by atoms with Crippen molar-refractivity contribution in [1.29, 1.82) is 0 Å². The largest absolute Gasteiger partial charge is 0.286 e. The van der Waals surface area contributed by atoms with Gasteiger partial charge < -0.3 is 0 Å². The third-order valence-corrected chi connectivity index (χ3v) is 2.90. The van der Waals surface area contributed by atoms with E-state index in [9.17, 15) is 9.59 Å². The van der Waals surface area contributed by atoms with Gasteiger partial charge >= 0.3 is 0 Å². The minimum Gasteiger partial charge on any atom is -0.286 e. The molecule has 0 bridgehead atoms. The first-order chi connectivity index (χ1) is 6.89. The summed E-state index contributed by atoms with van der Waals surface area (Å²) in [5, 5.41) is 0. The Kier molecular flexibility index (Phi) is 5.55. The van der Waals surface area contributed by atoms with Gasteiger partial charge in [-0.2, -0.15) is 0 Å². The van der Waals surface area contributed by atoms with E-state index in [4.69, 9.17) is 0 Å². The van der Waals surface area contributed by atoms with E-state index in [0.717, 1.165) is 25.7 Å². The molecule has 0 spiro atoms. The van der Waals surface area contributed by atoms with Crippen LogP contribution in [-0.4, -0.2) is 23.8 Å². The molecule has 0 aliphatic rings. The Bertz CT molecular complexity index is 230. The monoisotopic (exact) mass is 213 g/mol. The molecule has 0 N–H and O–H groups in total. The molecule has 0 unspecified atom stereocenters. The molecule has 0 fully saturated rings. The Hall–Kier alpha value is -0.860. The van der Waals surface area contributed by atoms with Crippen LogP contribution in [0.5, 0.6) is 0 Å². The highest BCUT2D eigenvalue weighted by Crippen LogP contribution is 2.31. The molecule has 0 heterocycles. The van der Waals surface area contributed by atoms with Crippen LogP contribution in [0.15, 0.2) is 0 Å². The lowest BCUT2D eigenvalue weighted by Gasteiger charge is -2.31. The van der Waals surface area contributed by atoms with E-state index in [1.165, 1.54) is 11.8 Å². The highest BCUT2D eigenvalue weighted by Gasteiger charge is 2.34. The van der Waals surface area contributed by atoms with E-state index >= 15 is 0 Å². The van der Waals surface area contributed by atoms with Gasteiger partial charge in [0.1, 0.15) is 0 Å². The van der Waals surface area contributed by atoms with E-state index < -0.39 is 0 Å². The Labute approximate surface area is 92.8 Å². The van der Waals surface area contributed by atoms with Crippen molar-refractivity contribution in [1.82, 2.24) is 4.90 Å². The maximum Gasteiger partial charge on any atom is 0.234 e. The van der Waals surface area contributed by atoms with Crippen molar-refractivity contribution in [2.75, 3.05) is 7.05 Å². The summed E-state index contributed by atoms with van der Waals surface area (Å²) in [6.45, 7) is 7.52. The van der Waals surface area contributed by atoms with Gasteiger partial charge in [0.25, 0.3) is 0 Å². The standard InChI is InChI=1S/C12H23NO2/c1-6-8-12(4,9-7-2)11(15)13(5)10(3)14/h6-9H2,1-5H3. The number of hydrogen-bond donors (Lipinski definition) is 0. The van der Waals surface area contributed by atoms with Crippen molar-refractivity contribution >= 4 is 11.8 Å². The lowest BCUT2D eigenvalue weighted by molar-refractivity contribution is -0.149. The van der Waals surface area contributed by atoms with Crippen molar-refractivity contribution in [3.63, 3.8) is 0 Å². The summed E-state index contributed by atoms with van der Waals surface area (Å²) in [6.07, 6.45) is 3.62. The minimum atomic E-state index is -0.371. The molecule has 0 aromatic heterocycles. The van der Waals surface area contributed by atoms with E-state index in [1.54, 1.807) is 7.05 Å². The Morgan fingerprint density at radius 1 is 1.13 bits per heavy atom. The first-order valence-corrected chi connectivity index (χ1v) is 5.67. The first-order valence-electron chi connectivity index (χ1n) is 5.67. The molecule has 2 amide bonds. The van der Waals surface area contributed by atoms with Gasteiger partial charge in [-0.05, 0) is 12.8 Å². The van der Waals surface area contributed by atoms with Crippen molar-refractivity contribution in [2.45, 2.75) is 53.4 Å². The number of hydrogen-bond acceptors (Lipinski definition) is 2. The zero-order chi connectivity index (χ0) is 12.1. The fraction of sp³-hybridized carbons (Fsp3) is 0.833. The van der Waals surface area contributed by atoms with Gasteiger partial charge in [-0.25, -0.2) is 0 Å². The minimum absolute atomic E-state index is 0.0429. The topological polar surface area (TPSA) is 37.4 Å². The Morgan fingerprint density at radius 2 is 1.53 bits per heavy atom. The molecule has 88 valence electrons. The first kappa shape index (κ1) is 14.1. The molecule has 0 aliphatic carbocycles. The third kappa shape index (κ3) is 3.65. The molecule has 0 saturated heterocycles. The number of rotatable bonds is 5. The van der Waals surface area contributed by atoms with Gasteiger partial charge in [-0.3, -0.25) is 14.5 Å². The lowest BCUT2D eigenvalue weighted by atomic mass is 9.80. The summed E-state index contributed by atoms with van der Waals surface area (Å²) in [7, 11) is 1.56. The molecule has 3 nitrogen and oxygen atoms in total. The smallest absolute Gasteiger partial charge is 0.234 e. The van der Waals surface area contributed by atoms with Crippen LogP contribution in [0.1, 0.15) is 53.4 Å². The van der Waals surface area contributed by atoms with Gasteiger partial charge in [0.2, 0.25) is 11.8 Å². The van der Waals surface area contributed by atoms with Crippen molar-refractivity contribution < 1.29 is 9.59 Å². The second-order valence-corrected chi connectivity index (χ2v) is 4.44. The van der Waals surface area contributed by atoms with Gasteiger partial charge in [-0.15, -0.1) is 0 Å². The molecular weight excluding hydrogens is 190 g/mol. The van der Waals surface area contributed by atoms with E-state index in [-0.39, 0.29) is 17.2 Å². The second-order valence-electron chi connectivity index (χ2n) is 4.44. The molecule has 3 heteroatoms. The van der Waals surface area contributed by atoms with Gasteiger partial charge in [0, 0.05) is 19.4 Å². The number of imide groups is 1. The van der Waals surface area contributed by atoms with E-state index in [1.807, 2.05) is 6.92 Å². The molecular formula is C12H23NO2. The van der Waals surface area contributed by atoms with Crippen LogP contribution in [0.25, 0.3) is 0 Å². The summed E-state index contributed by atoms with van der Waals surface area (Å²) in [5.41, 5.74) is -0.371. The summed E-state index contributed by atoms with van der Waals surface area (Å²) >= 11 is 0. The SMILES string of the molecule is CCCC(C)(CCC)C(=O)N(C)C(C)=O. The van der Waals surface area contributed by atoms with Crippen LogP contribution in [0.4, 0.5) is 0 Å². The predicted molar refractivity (Wildman–Crippen MR) is 61.4 cm³/mol. The maximum atomic E-state index is 12.1. The average Bonchev–Trinajstić information content (AvgIpc) is 2.16. The number of amides is 2. The summed E-state index contributed by atoms with van der Waals surface area (Å²) < 4.78 is 0. The molecule has 0 atom stereocenters. The molecule has 0 aliphatic heterocycles. The molecule has 15 heavy (non-hydrogen) atoms. The van der Waals surface area contributed by atoms with Crippen LogP contribution < -0.4 is 0 Å². The molecule has 0 radical (unpaired) electrons. The van der Waals surface area contributed by atoms with E-state index in [2.05, 4.69) is 13.8 Å². The fourth-order valence-electron chi connectivity index (χ4n) is 1.99. The molecule has 0 rings (SSSR count). The zero-order valence-electron chi connectivity index (χ0n) is 10.6. The second kappa shape index (κ2) is 5.89. The average molecular weight is 213 g/mol. The van der Waals surface area contributed by atoms with Crippen molar-refractivity contribution in [2.24, 2.45) is 5.41 Å². The molecule has 0 aromatic rings. The van der Waals surface area contributed by atoms with Crippen LogP contribution in [0.2, 0.25) is 0 Å². The number of carbonyl (C=O) groups is 2. The summed E-state index contributed by atoms with van der Waals surface area (Å²) in [4.78, 5) is 24.5. The quantitative estimate of drug-likeness (QED) is 0.704. The van der Waals surface area contributed by atoms with Crippen molar-refractivity contribution in [3.05, 3.63) is 0 Å². The van der Waals surface area contributed by atoms with Gasteiger partial charge in [0.15, 0.2) is 0 Å². The van der Waals surface area contributed by atoms with Crippen LogP contribution in [-0.2, 0) is 9.59 Å². The lowest BCUT2D eigenvalue weighted by Crippen LogP contribution is -2.42. The zero-order valence-corrected chi connectivity index (χ0v) is 10.6. The number of carbonyl (C=O) groups excluding carboxylic acids is 2. The molecule has 0 saturated carbocycles. The summed E-state index contributed by atoms with van der Waals surface area (Å²) in [5.74, 6) is -0.225. The highest BCUT2D eigenvalue weighted by molar-refractivity contribution is 5.96. The van der Waals surface area contributed by atoms with Crippen LogP contribution in [0, 0.1) is 5.41 Å². The van der Waals surface area contributed by atoms with Gasteiger partial charge in [0.05, 0.1) is 0 Å². The number of nitrogens with zero attached hydrogens (tertiary/aromatic N) is 1. The van der Waals surface area contributed by atoms with Gasteiger partial charge in [-0.1, -0.05) is 33.6 Å². The van der Waals surface area contributed by atoms with Crippen LogP contribution >= 0.6 is 0 Å².